The topological polar surface area (TPSA) is 0 Å². The highest BCUT2D eigenvalue weighted by Crippen LogP contribution is 2.51. The largest absolute Gasteiger partial charge is 0.0757 e. The molecule has 0 N–H and O–H groups in total. The van der Waals surface area contributed by atoms with Crippen molar-refractivity contribution in [3.63, 3.8) is 0 Å². The van der Waals surface area contributed by atoms with Crippen molar-refractivity contribution >= 4 is 73.6 Å². The van der Waals surface area contributed by atoms with Crippen LogP contribution in [0.4, 0.5) is 0 Å². The molecule has 0 aliphatic heterocycles. The standard InChI is InChI=1S/C22H20S4/c1-22(2,3)24-26-25-23-21-10-6-9-17-13-18-11-15-7-4-5-8-16(15)12-19(18)14-20(17)21/h4-14H,1-3H3. The molecule has 0 saturated carbocycles. The van der Waals surface area contributed by atoms with Crippen LogP contribution in [0.15, 0.2) is 71.6 Å². The minimum atomic E-state index is 0.286. The van der Waals surface area contributed by atoms with Crippen LogP contribution in [0, 0.1) is 0 Å². The summed E-state index contributed by atoms with van der Waals surface area (Å²) in [5.41, 5.74) is 0. The lowest BCUT2D eigenvalue weighted by atomic mass is 10.00. The van der Waals surface area contributed by atoms with Gasteiger partial charge in [0.25, 0.3) is 0 Å². The molecule has 0 aromatic heterocycles. The fourth-order valence-electron chi connectivity index (χ4n) is 2.93. The van der Waals surface area contributed by atoms with Crippen molar-refractivity contribution in [3.05, 3.63) is 66.7 Å². The van der Waals surface area contributed by atoms with Crippen LogP contribution in [-0.4, -0.2) is 4.75 Å². The Bertz CT molecular complexity index is 1080. The van der Waals surface area contributed by atoms with Crippen molar-refractivity contribution in [2.24, 2.45) is 0 Å². The van der Waals surface area contributed by atoms with Crippen molar-refractivity contribution in [3.8, 4) is 0 Å². The SMILES string of the molecule is CC(C)(C)SSSSc1cccc2cc3cc4ccccc4cc3cc12. The molecule has 26 heavy (non-hydrogen) atoms. The zero-order valence-electron chi connectivity index (χ0n) is 15.0. The second-order valence-corrected chi connectivity index (χ2v) is 13.8. The summed E-state index contributed by atoms with van der Waals surface area (Å²) in [6.45, 7) is 6.76. The molecule has 4 aromatic rings. The van der Waals surface area contributed by atoms with E-state index in [-0.39, 0.29) is 4.75 Å². The first-order valence-electron chi connectivity index (χ1n) is 8.54. The summed E-state index contributed by atoms with van der Waals surface area (Å²) >= 11 is 0. The van der Waals surface area contributed by atoms with E-state index in [2.05, 4.69) is 87.5 Å². The first-order chi connectivity index (χ1) is 12.5. The van der Waals surface area contributed by atoms with E-state index in [1.807, 2.05) is 41.2 Å². The molecule has 0 heterocycles. The van der Waals surface area contributed by atoms with E-state index in [0.717, 1.165) is 0 Å². The van der Waals surface area contributed by atoms with Gasteiger partial charge in [-0.15, -0.1) is 0 Å². The molecule has 0 nitrogen and oxygen atoms in total. The van der Waals surface area contributed by atoms with Crippen molar-refractivity contribution in [2.45, 2.75) is 30.4 Å². The third kappa shape index (κ3) is 4.14. The number of hydrogen-bond acceptors (Lipinski definition) is 4. The molecule has 0 spiro atoms. The van der Waals surface area contributed by atoms with Crippen molar-refractivity contribution in [1.29, 1.82) is 0 Å². The molecule has 0 radical (unpaired) electrons. The van der Waals surface area contributed by atoms with E-state index >= 15 is 0 Å². The lowest BCUT2D eigenvalue weighted by Gasteiger charge is -2.15. The molecule has 0 amide bonds. The Kier molecular flexibility index (Phi) is 5.38. The Balaban J connectivity index is 1.70. The first-order valence-corrected chi connectivity index (χ1v) is 13.4. The molecule has 0 aliphatic carbocycles. The van der Waals surface area contributed by atoms with Gasteiger partial charge in [-0.05, 0) is 93.1 Å². The maximum atomic E-state index is 2.35. The molecule has 0 fully saturated rings. The van der Waals surface area contributed by atoms with E-state index in [0.29, 0.717) is 0 Å². The summed E-state index contributed by atoms with van der Waals surface area (Å²) < 4.78 is 0.286. The zero-order valence-corrected chi connectivity index (χ0v) is 18.2. The normalized spacial score (nSPS) is 12.3. The number of rotatable bonds is 4. The third-order valence-corrected chi connectivity index (χ3v) is 11.2. The summed E-state index contributed by atoms with van der Waals surface area (Å²) in [6, 6.07) is 24.5. The minimum Gasteiger partial charge on any atom is -0.0757 e. The van der Waals surface area contributed by atoms with E-state index in [1.165, 1.54) is 37.2 Å². The van der Waals surface area contributed by atoms with Crippen molar-refractivity contribution in [1.82, 2.24) is 0 Å². The molecule has 4 heteroatoms. The third-order valence-electron chi connectivity index (χ3n) is 4.10. The summed E-state index contributed by atoms with van der Waals surface area (Å²) in [7, 11) is 7.50. The van der Waals surface area contributed by atoms with Gasteiger partial charge in [0, 0.05) is 9.64 Å². The molecule has 0 atom stereocenters. The van der Waals surface area contributed by atoms with Crippen LogP contribution >= 0.6 is 41.2 Å². The average Bonchev–Trinajstić information content (AvgIpc) is 2.61. The van der Waals surface area contributed by atoms with Crippen molar-refractivity contribution < 1.29 is 0 Å². The van der Waals surface area contributed by atoms with Crippen LogP contribution in [0.3, 0.4) is 0 Å². The molecule has 132 valence electrons. The minimum absolute atomic E-state index is 0.286. The lowest BCUT2D eigenvalue weighted by molar-refractivity contribution is 0.810. The fraction of sp³-hybridized carbons (Fsp3) is 0.182. The molecular formula is C22H20S4. The average molecular weight is 413 g/mol. The summed E-state index contributed by atoms with van der Waals surface area (Å²) in [5.74, 6) is 0. The second kappa shape index (κ2) is 7.59. The smallest absolute Gasteiger partial charge is 0.0270 e. The Labute approximate surface area is 170 Å². The van der Waals surface area contributed by atoms with E-state index in [9.17, 15) is 0 Å². The van der Waals surface area contributed by atoms with Crippen LogP contribution < -0.4 is 0 Å². The number of hydrogen-bond donors (Lipinski definition) is 0. The summed E-state index contributed by atoms with van der Waals surface area (Å²) in [4.78, 5) is 1.34. The van der Waals surface area contributed by atoms with E-state index in [4.69, 9.17) is 0 Å². The van der Waals surface area contributed by atoms with Gasteiger partial charge >= 0.3 is 0 Å². The number of benzene rings is 4. The highest BCUT2D eigenvalue weighted by Gasteiger charge is 2.12. The monoisotopic (exact) mass is 412 g/mol. The first kappa shape index (κ1) is 18.4. The quantitative estimate of drug-likeness (QED) is 0.186. The highest BCUT2D eigenvalue weighted by atomic mass is 33.7. The van der Waals surface area contributed by atoms with Gasteiger partial charge in [-0.1, -0.05) is 68.0 Å². The Morgan fingerprint density at radius 1 is 0.615 bits per heavy atom. The van der Waals surface area contributed by atoms with Gasteiger partial charge in [-0.2, -0.15) is 0 Å². The van der Waals surface area contributed by atoms with Gasteiger partial charge in [-0.25, -0.2) is 0 Å². The summed E-state index contributed by atoms with van der Waals surface area (Å²) in [5, 5.41) is 7.88. The van der Waals surface area contributed by atoms with Crippen LogP contribution in [-0.2, 0) is 0 Å². The van der Waals surface area contributed by atoms with Gasteiger partial charge < -0.3 is 0 Å². The van der Waals surface area contributed by atoms with Gasteiger partial charge in [0.1, 0.15) is 0 Å². The molecule has 0 bridgehead atoms. The second-order valence-electron chi connectivity index (χ2n) is 7.29. The Hall–Kier alpha value is -0.940. The van der Waals surface area contributed by atoms with E-state index < -0.39 is 0 Å². The highest BCUT2D eigenvalue weighted by molar-refractivity contribution is 9.26. The molecule has 0 unspecified atom stereocenters. The Morgan fingerprint density at radius 2 is 1.23 bits per heavy atom. The fourth-order valence-corrected chi connectivity index (χ4v) is 9.59. The predicted octanol–water partition coefficient (Wildman–Crippen LogP) is 8.98. The van der Waals surface area contributed by atoms with Gasteiger partial charge in [0.2, 0.25) is 0 Å². The molecule has 4 aromatic carbocycles. The molecule has 0 aliphatic rings. The van der Waals surface area contributed by atoms with E-state index in [1.54, 1.807) is 0 Å². The maximum absolute atomic E-state index is 2.35. The van der Waals surface area contributed by atoms with Gasteiger partial charge in [-0.3, -0.25) is 0 Å². The lowest BCUT2D eigenvalue weighted by Crippen LogP contribution is -2.03. The molecular weight excluding hydrogens is 393 g/mol. The zero-order chi connectivity index (χ0) is 18.1. The molecule has 4 rings (SSSR count). The van der Waals surface area contributed by atoms with Gasteiger partial charge in [0.15, 0.2) is 0 Å². The van der Waals surface area contributed by atoms with Crippen LogP contribution in [0.1, 0.15) is 20.8 Å². The van der Waals surface area contributed by atoms with Crippen LogP contribution in [0.2, 0.25) is 0 Å². The van der Waals surface area contributed by atoms with Gasteiger partial charge in [0.05, 0.1) is 0 Å². The number of fused-ring (bicyclic) bond motifs is 3. The van der Waals surface area contributed by atoms with Crippen molar-refractivity contribution in [2.75, 3.05) is 0 Å². The maximum Gasteiger partial charge on any atom is 0.0270 e. The molecule has 0 saturated heterocycles. The predicted molar refractivity (Wildman–Crippen MR) is 127 cm³/mol. The van der Waals surface area contributed by atoms with Crippen LogP contribution in [0.25, 0.3) is 32.3 Å². The van der Waals surface area contributed by atoms with Crippen LogP contribution in [0.5, 0.6) is 0 Å². The Morgan fingerprint density at radius 3 is 1.92 bits per heavy atom. The summed E-state index contributed by atoms with van der Waals surface area (Å²) in [6.07, 6.45) is 0.